The van der Waals surface area contributed by atoms with E-state index in [0.717, 1.165) is 11.1 Å². The van der Waals surface area contributed by atoms with Gasteiger partial charge >= 0.3 is 0 Å². The summed E-state index contributed by atoms with van der Waals surface area (Å²) in [5.74, 6) is 0.0411. The summed E-state index contributed by atoms with van der Waals surface area (Å²) in [6, 6.07) is 17.7. The van der Waals surface area contributed by atoms with E-state index in [4.69, 9.17) is 0 Å². The topological polar surface area (TPSA) is 75.3 Å². The molecule has 0 unspecified atom stereocenters. The monoisotopic (exact) mass is 436 g/mol. The molecule has 1 amide bonds. The van der Waals surface area contributed by atoms with Crippen molar-refractivity contribution in [2.24, 2.45) is 0 Å². The molecule has 3 aromatic rings. The fraction of sp³-hybridized carbons (Fsp3) is 0.240. The normalized spacial score (nSPS) is 11.4. The molecule has 0 saturated heterocycles. The van der Waals surface area contributed by atoms with Crippen LogP contribution in [0.25, 0.3) is 0 Å². The van der Waals surface area contributed by atoms with Gasteiger partial charge in [0.25, 0.3) is 15.9 Å². The van der Waals surface area contributed by atoms with Gasteiger partial charge in [-0.1, -0.05) is 38.1 Å². The molecule has 0 radical (unpaired) electrons. The number of anilines is 2. The number of benzene rings is 3. The number of rotatable bonds is 6. The van der Waals surface area contributed by atoms with Crippen LogP contribution in [0.2, 0.25) is 0 Å². The molecule has 162 valence electrons. The molecule has 5 nitrogen and oxygen atoms in total. The fourth-order valence-electron chi connectivity index (χ4n) is 3.20. The predicted octanol–water partition coefficient (Wildman–Crippen LogP) is 5.79. The van der Waals surface area contributed by atoms with Crippen LogP contribution in [-0.4, -0.2) is 14.3 Å². The molecule has 0 bridgehead atoms. The molecular formula is C25H28N2O3S. The molecule has 6 heteroatoms. The lowest BCUT2D eigenvalue weighted by atomic mass is 10.0. The molecule has 3 rings (SSSR count). The van der Waals surface area contributed by atoms with Crippen molar-refractivity contribution in [2.75, 3.05) is 10.0 Å². The Bertz CT molecular complexity index is 1210. The number of carbonyl (C=O) groups is 1. The minimum absolute atomic E-state index is 0.0773. The highest BCUT2D eigenvalue weighted by atomic mass is 32.2. The average molecular weight is 437 g/mol. The Morgan fingerprint density at radius 3 is 2.00 bits per heavy atom. The second-order valence-electron chi connectivity index (χ2n) is 8.12. The molecule has 0 saturated carbocycles. The molecule has 2 N–H and O–H groups in total. The maximum atomic E-state index is 13.0. The van der Waals surface area contributed by atoms with Crippen molar-refractivity contribution in [3.63, 3.8) is 0 Å². The summed E-state index contributed by atoms with van der Waals surface area (Å²) in [6.07, 6.45) is 0. The van der Waals surface area contributed by atoms with Gasteiger partial charge in [0.1, 0.15) is 0 Å². The summed E-state index contributed by atoms with van der Waals surface area (Å²) < 4.78 is 28.6. The van der Waals surface area contributed by atoms with Gasteiger partial charge in [0, 0.05) is 16.9 Å². The number of amides is 1. The first-order chi connectivity index (χ1) is 14.6. The van der Waals surface area contributed by atoms with E-state index in [1.807, 2.05) is 44.2 Å². The van der Waals surface area contributed by atoms with E-state index in [0.29, 0.717) is 22.9 Å². The van der Waals surface area contributed by atoms with Crippen LogP contribution in [0, 0.1) is 20.8 Å². The van der Waals surface area contributed by atoms with E-state index in [1.165, 1.54) is 11.6 Å². The first-order valence-electron chi connectivity index (χ1n) is 10.2. The molecule has 0 aliphatic carbocycles. The molecule has 0 spiro atoms. The number of hydrogen-bond donors (Lipinski definition) is 2. The van der Waals surface area contributed by atoms with E-state index < -0.39 is 10.0 Å². The second-order valence-corrected chi connectivity index (χ2v) is 9.77. The van der Waals surface area contributed by atoms with Gasteiger partial charge in [0.2, 0.25) is 0 Å². The van der Waals surface area contributed by atoms with Gasteiger partial charge in [-0.25, -0.2) is 8.42 Å². The minimum Gasteiger partial charge on any atom is -0.322 e. The van der Waals surface area contributed by atoms with Crippen molar-refractivity contribution in [3.05, 3.63) is 88.5 Å². The lowest BCUT2D eigenvalue weighted by molar-refractivity contribution is 0.102. The summed E-state index contributed by atoms with van der Waals surface area (Å²) in [4.78, 5) is 12.8. The van der Waals surface area contributed by atoms with Gasteiger partial charge in [0.15, 0.2) is 0 Å². The van der Waals surface area contributed by atoms with Crippen molar-refractivity contribution in [1.29, 1.82) is 0 Å². The number of carbonyl (C=O) groups excluding carboxylic acids is 1. The van der Waals surface area contributed by atoms with E-state index in [-0.39, 0.29) is 16.4 Å². The largest absolute Gasteiger partial charge is 0.322 e. The lowest BCUT2D eigenvalue weighted by Gasteiger charge is -2.13. The first kappa shape index (κ1) is 22.6. The SMILES string of the molecule is Cc1ccc(NS(=O)(=O)c2cc(C(=O)Nc3ccc(C(C)C)cc3)ccc2C)cc1C. The standard InChI is InChI=1S/C25H28N2O3S/c1-16(2)20-9-12-22(13-10-20)26-25(28)21-8-6-18(4)24(15-21)31(29,30)27-23-11-7-17(3)19(5)14-23/h6-16,27H,1-5H3,(H,26,28). The van der Waals surface area contributed by atoms with Crippen molar-refractivity contribution in [2.45, 2.75) is 45.4 Å². The van der Waals surface area contributed by atoms with E-state index in [9.17, 15) is 13.2 Å². The van der Waals surface area contributed by atoms with E-state index >= 15 is 0 Å². The van der Waals surface area contributed by atoms with Gasteiger partial charge in [-0.05, 0) is 85.3 Å². The smallest absolute Gasteiger partial charge is 0.262 e. The van der Waals surface area contributed by atoms with Crippen LogP contribution in [0.15, 0.2) is 65.6 Å². The quantitative estimate of drug-likeness (QED) is 0.514. The first-order valence-corrected chi connectivity index (χ1v) is 11.7. The molecule has 0 aromatic heterocycles. The Hall–Kier alpha value is -3.12. The summed E-state index contributed by atoms with van der Waals surface area (Å²) >= 11 is 0. The van der Waals surface area contributed by atoms with Crippen molar-refractivity contribution in [1.82, 2.24) is 0 Å². The third-order valence-electron chi connectivity index (χ3n) is 5.33. The maximum Gasteiger partial charge on any atom is 0.262 e. The lowest BCUT2D eigenvalue weighted by Crippen LogP contribution is -2.17. The van der Waals surface area contributed by atoms with Gasteiger partial charge in [-0.3, -0.25) is 9.52 Å². The molecular weight excluding hydrogens is 408 g/mol. The van der Waals surface area contributed by atoms with Crippen molar-refractivity contribution < 1.29 is 13.2 Å². The summed E-state index contributed by atoms with van der Waals surface area (Å²) in [5.41, 5.74) is 5.25. The van der Waals surface area contributed by atoms with E-state index in [1.54, 1.807) is 31.2 Å². The Labute approximate surface area is 184 Å². The summed E-state index contributed by atoms with van der Waals surface area (Å²) in [7, 11) is -3.85. The highest BCUT2D eigenvalue weighted by Crippen LogP contribution is 2.23. The minimum atomic E-state index is -3.85. The van der Waals surface area contributed by atoms with Crippen LogP contribution >= 0.6 is 0 Å². The maximum absolute atomic E-state index is 13.0. The van der Waals surface area contributed by atoms with Gasteiger partial charge in [0.05, 0.1) is 4.90 Å². The molecule has 3 aromatic carbocycles. The molecule has 0 aliphatic rings. The number of aryl methyl sites for hydroxylation is 3. The Morgan fingerprint density at radius 1 is 0.774 bits per heavy atom. The highest BCUT2D eigenvalue weighted by Gasteiger charge is 2.20. The second kappa shape index (κ2) is 8.94. The zero-order valence-electron chi connectivity index (χ0n) is 18.5. The van der Waals surface area contributed by atoms with Crippen molar-refractivity contribution in [3.8, 4) is 0 Å². The van der Waals surface area contributed by atoms with E-state index in [2.05, 4.69) is 23.9 Å². The summed E-state index contributed by atoms with van der Waals surface area (Å²) in [5, 5.41) is 2.83. The molecule has 31 heavy (non-hydrogen) atoms. The molecule has 0 heterocycles. The number of hydrogen-bond acceptors (Lipinski definition) is 3. The number of sulfonamides is 1. The van der Waals surface area contributed by atoms with Gasteiger partial charge in [-0.15, -0.1) is 0 Å². The van der Waals surface area contributed by atoms with Crippen molar-refractivity contribution >= 4 is 27.3 Å². The predicted molar refractivity (Wildman–Crippen MR) is 126 cm³/mol. The molecule has 0 atom stereocenters. The molecule has 0 aliphatic heterocycles. The van der Waals surface area contributed by atoms with Gasteiger partial charge in [-0.2, -0.15) is 0 Å². The Kier molecular flexibility index (Phi) is 6.51. The number of nitrogens with one attached hydrogen (secondary N) is 2. The zero-order valence-corrected chi connectivity index (χ0v) is 19.3. The van der Waals surface area contributed by atoms with Crippen LogP contribution in [-0.2, 0) is 10.0 Å². The van der Waals surface area contributed by atoms with Crippen LogP contribution in [0.1, 0.15) is 52.4 Å². The average Bonchev–Trinajstić information content (AvgIpc) is 2.71. The Morgan fingerprint density at radius 2 is 1.39 bits per heavy atom. The zero-order chi connectivity index (χ0) is 22.8. The van der Waals surface area contributed by atoms with Crippen LogP contribution < -0.4 is 10.0 Å². The third-order valence-corrected chi connectivity index (χ3v) is 6.86. The van der Waals surface area contributed by atoms with Crippen LogP contribution in [0.5, 0.6) is 0 Å². The fourth-order valence-corrected chi connectivity index (χ4v) is 4.52. The van der Waals surface area contributed by atoms with Crippen LogP contribution in [0.4, 0.5) is 11.4 Å². The summed E-state index contributed by atoms with van der Waals surface area (Å²) in [6.45, 7) is 9.82. The molecule has 0 fully saturated rings. The Balaban J connectivity index is 1.84. The van der Waals surface area contributed by atoms with Gasteiger partial charge < -0.3 is 5.32 Å². The van der Waals surface area contributed by atoms with Crippen LogP contribution in [0.3, 0.4) is 0 Å². The third kappa shape index (κ3) is 5.33. The highest BCUT2D eigenvalue weighted by molar-refractivity contribution is 7.92.